The number of benzene rings is 1. The molecule has 1 aliphatic rings. The molecule has 0 spiro atoms. The number of rotatable bonds is 2. The Morgan fingerprint density at radius 2 is 2.55 bits per heavy atom. The molecule has 1 heterocycles. The molecule has 1 fully saturated rings. The van der Waals surface area contributed by atoms with E-state index in [-0.39, 0.29) is 5.60 Å². The molecule has 1 radical (unpaired) electrons. The third-order valence-corrected chi connectivity index (χ3v) is 1.99. The largest absolute Gasteiger partial charge is 0.370 e. The molecule has 2 rings (SSSR count). The molecular weight excluding hydrogens is 136 g/mol. The summed E-state index contributed by atoms with van der Waals surface area (Å²) in [7, 11) is 0. The minimum Gasteiger partial charge on any atom is -0.370 e. The number of hydrogen-bond acceptors (Lipinski definition) is 1. The van der Waals surface area contributed by atoms with Crippen molar-refractivity contribution in [1.82, 2.24) is 0 Å². The summed E-state index contributed by atoms with van der Waals surface area (Å²) < 4.78 is 5.29. The first-order valence-corrected chi connectivity index (χ1v) is 3.87. The van der Waals surface area contributed by atoms with Crippen LogP contribution in [0.3, 0.4) is 0 Å². The fourth-order valence-electron chi connectivity index (χ4n) is 1.20. The first-order valence-electron chi connectivity index (χ1n) is 3.87. The first kappa shape index (κ1) is 6.86. The molecule has 1 aromatic rings. The van der Waals surface area contributed by atoms with Crippen LogP contribution in [0.15, 0.2) is 24.3 Å². The van der Waals surface area contributed by atoms with Crippen LogP contribution in [0.2, 0.25) is 0 Å². The lowest BCUT2D eigenvalue weighted by atomic mass is 10.0. The fraction of sp³-hybridized carbons (Fsp3) is 0.400. The van der Waals surface area contributed by atoms with Crippen LogP contribution in [0.5, 0.6) is 0 Å². The fourth-order valence-corrected chi connectivity index (χ4v) is 1.20. The van der Waals surface area contributed by atoms with Gasteiger partial charge in [0.1, 0.15) is 0 Å². The quantitative estimate of drug-likeness (QED) is 0.581. The standard InChI is InChI=1S/C10H11O/c1-10(8-11-10)7-9-5-3-2-4-6-9/h2-3,5-6H,7-8H2,1H3. The van der Waals surface area contributed by atoms with Gasteiger partial charge in [-0.05, 0) is 18.6 Å². The molecule has 1 heteroatoms. The van der Waals surface area contributed by atoms with Crippen LogP contribution in [-0.4, -0.2) is 12.2 Å². The molecule has 1 aliphatic heterocycles. The summed E-state index contributed by atoms with van der Waals surface area (Å²) in [6.45, 7) is 3.04. The van der Waals surface area contributed by atoms with Gasteiger partial charge in [-0.15, -0.1) is 0 Å². The van der Waals surface area contributed by atoms with Crippen molar-refractivity contribution in [3.8, 4) is 0 Å². The van der Waals surface area contributed by atoms with Gasteiger partial charge in [-0.3, -0.25) is 0 Å². The van der Waals surface area contributed by atoms with Crippen LogP contribution in [0, 0.1) is 6.07 Å². The van der Waals surface area contributed by atoms with Gasteiger partial charge in [-0.1, -0.05) is 24.3 Å². The van der Waals surface area contributed by atoms with Gasteiger partial charge in [0.2, 0.25) is 0 Å². The van der Waals surface area contributed by atoms with Gasteiger partial charge in [0.25, 0.3) is 0 Å². The van der Waals surface area contributed by atoms with Gasteiger partial charge >= 0.3 is 0 Å². The topological polar surface area (TPSA) is 12.5 Å². The summed E-state index contributed by atoms with van der Waals surface area (Å²) in [5.41, 5.74) is 1.45. The van der Waals surface area contributed by atoms with Gasteiger partial charge < -0.3 is 4.74 Å². The molecule has 0 aliphatic carbocycles. The average molecular weight is 147 g/mol. The second-order valence-corrected chi connectivity index (χ2v) is 3.33. The van der Waals surface area contributed by atoms with Gasteiger partial charge in [0.05, 0.1) is 12.2 Å². The predicted molar refractivity (Wildman–Crippen MR) is 43.3 cm³/mol. The molecule has 1 nitrogen and oxygen atoms in total. The van der Waals surface area contributed by atoms with Crippen molar-refractivity contribution < 1.29 is 4.74 Å². The second-order valence-electron chi connectivity index (χ2n) is 3.33. The van der Waals surface area contributed by atoms with E-state index in [0.717, 1.165) is 13.0 Å². The van der Waals surface area contributed by atoms with E-state index >= 15 is 0 Å². The van der Waals surface area contributed by atoms with E-state index in [2.05, 4.69) is 19.1 Å². The van der Waals surface area contributed by atoms with E-state index < -0.39 is 0 Å². The Labute approximate surface area is 67.0 Å². The Bertz CT molecular complexity index is 236. The van der Waals surface area contributed by atoms with Crippen molar-refractivity contribution in [2.24, 2.45) is 0 Å². The van der Waals surface area contributed by atoms with Crippen molar-refractivity contribution in [3.05, 3.63) is 35.9 Å². The normalized spacial score (nSPS) is 28.5. The zero-order valence-corrected chi connectivity index (χ0v) is 6.63. The lowest BCUT2D eigenvalue weighted by Gasteiger charge is -2.03. The smallest absolute Gasteiger partial charge is 0.0928 e. The van der Waals surface area contributed by atoms with Crippen LogP contribution in [-0.2, 0) is 11.2 Å². The number of epoxide rings is 1. The Morgan fingerprint density at radius 1 is 1.73 bits per heavy atom. The van der Waals surface area contributed by atoms with Gasteiger partial charge in [0.15, 0.2) is 0 Å². The van der Waals surface area contributed by atoms with Crippen LogP contribution in [0.25, 0.3) is 0 Å². The predicted octanol–water partition coefficient (Wildman–Crippen LogP) is 1.82. The van der Waals surface area contributed by atoms with E-state index in [1.807, 2.05) is 18.2 Å². The molecule has 1 unspecified atom stereocenters. The van der Waals surface area contributed by atoms with E-state index in [9.17, 15) is 0 Å². The maximum atomic E-state index is 5.29. The minimum atomic E-state index is 0.134. The summed E-state index contributed by atoms with van der Waals surface area (Å²) in [5, 5.41) is 0. The third-order valence-electron chi connectivity index (χ3n) is 1.99. The molecule has 0 amide bonds. The van der Waals surface area contributed by atoms with E-state index in [1.54, 1.807) is 0 Å². The average Bonchev–Trinajstić information content (AvgIpc) is 2.70. The summed E-state index contributed by atoms with van der Waals surface area (Å²) in [5.74, 6) is 0. The summed E-state index contributed by atoms with van der Waals surface area (Å²) in [6, 6.07) is 11.1. The molecule has 0 bridgehead atoms. The van der Waals surface area contributed by atoms with Gasteiger partial charge in [-0.2, -0.15) is 0 Å². The molecule has 0 saturated carbocycles. The van der Waals surface area contributed by atoms with Crippen LogP contribution < -0.4 is 0 Å². The molecule has 1 atom stereocenters. The maximum absolute atomic E-state index is 5.29. The van der Waals surface area contributed by atoms with Crippen LogP contribution in [0.4, 0.5) is 0 Å². The highest BCUT2D eigenvalue weighted by Gasteiger charge is 2.38. The lowest BCUT2D eigenvalue weighted by Crippen LogP contribution is -2.08. The van der Waals surface area contributed by atoms with Crippen LogP contribution in [0.1, 0.15) is 12.5 Å². The van der Waals surface area contributed by atoms with E-state index in [1.165, 1.54) is 5.56 Å². The van der Waals surface area contributed by atoms with Gasteiger partial charge in [-0.25, -0.2) is 0 Å². The van der Waals surface area contributed by atoms with Crippen molar-refractivity contribution in [1.29, 1.82) is 0 Å². The maximum Gasteiger partial charge on any atom is 0.0928 e. The van der Waals surface area contributed by atoms with E-state index in [0.29, 0.717) is 0 Å². The molecule has 57 valence electrons. The molecule has 1 saturated heterocycles. The highest BCUT2D eigenvalue weighted by molar-refractivity contribution is 5.17. The Morgan fingerprint density at radius 3 is 3.09 bits per heavy atom. The molecular formula is C10H11O. The van der Waals surface area contributed by atoms with Gasteiger partial charge in [0, 0.05) is 6.42 Å². The number of ether oxygens (including phenoxy) is 1. The highest BCUT2D eigenvalue weighted by atomic mass is 16.6. The van der Waals surface area contributed by atoms with E-state index in [4.69, 9.17) is 4.74 Å². The monoisotopic (exact) mass is 147 g/mol. The summed E-state index contributed by atoms with van der Waals surface area (Å²) in [6.07, 6.45) is 1.02. The highest BCUT2D eigenvalue weighted by Crippen LogP contribution is 2.29. The Balaban J connectivity index is 2.07. The third kappa shape index (κ3) is 1.60. The SMILES string of the molecule is CC1(Cc2c[c]ccc2)CO1. The molecule has 11 heavy (non-hydrogen) atoms. The van der Waals surface area contributed by atoms with Crippen molar-refractivity contribution >= 4 is 0 Å². The zero-order valence-electron chi connectivity index (χ0n) is 6.63. The molecule has 1 aromatic carbocycles. The minimum absolute atomic E-state index is 0.134. The zero-order chi connectivity index (χ0) is 7.73. The Kier molecular flexibility index (Phi) is 1.46. The van der Waals surface area contributed by atoms with Crippen molar-refractivity contribution in [2.45, 2.75) is 18.9 Å². The van der Waals surface area contributed by atoms with Crippen LogP contribution >= 0.6 is 0 Å². The second kappa shape index (κ2) is 2.35. The number of hydrogen-bond donors (Lipinski definition) is 0. The van der Waals surface area contributed by atoms with Crippen molar-refractivity contribution in [2.75, 3.05) is 6.61 Å². The lowest BCUT2D eigenvalue weighted by molar-refractivity contribution is 0.322. The Hall–Kier alpha value is -0.820. The summed E-state index contributed by atoms with van der Waals surface area (Å²) in [4.78, 5) is 0. The summed E-state index contributed by atoms with van der Waals surface area (Å²) >= 11 is 0. The first-order chi connectivity index (χ1) is 5.29. The molecule has 0 N–H and O–H groups in total. The van der Waals surface area contributed by atoms with Crippen molar-refractivity contribution in [3.63, 3.8) is 0 Å². The molecule has 0 aromatic heterocycles.